The molecular weight excluding hydrogens is 825 g/mol. The second-order valence-electron chi connectivity index (χ2n) is 13.7. The van der Waals surface area contributed by atoms with Gasteiger partial charge < -0.3 is 9.40 Å². The number of benzene rings is 4. The quantitative estimate of drug-likeness (QED) is 0.128. The van der Waals surface area contributed by atoms with Crippen molar-refractivity contribution in [3.63, 3.8) is 0 Å². The van der Waals surface area contributed by atoms with Crippen molar-refractivity contribution in [2.24, 2.45) is 5.41 Å². The Labute approximate surface area is 308 Å². The van der Waals surface area contributed by atoms with E-state index in [1.54, 1.807) is 32.9 Å². The first-order valence-electron chi connectivity index (χ1n) is 18.3. The molecule has 3 nitrogen and oxygen atoms in total. The molecule has 7 rings (SSSR count). The third kappa shape index (κ3) is 8.23. The maximum atomic E-state index is 8.81. The Hall–Kier alpha value is -3.83. The molecule has 0 N–H and O–H groups in total. The predicted octanol–water partition coefficient (Wildman–Crippen LogP) is 11.1. The molecule has 0 bridgehead atoms. The van der Waals surface area contributed by atoms with Crippen molar-refractivity contribution in [3.8, 4) is 33.6 Å². The molecule has 0 saturated heterocycles. The van der Waals surface area contributed by atoms with Crippen LogP contribution >= 0.6 is 0 Å². The van der Waals surface area contributed by atoms with Gasteiger partial charge in [-0.2, -0.15) is 0 Å². The van der Waals surface area contributed by atoms with E-state index in [4.69, 9.17) is 11.3 Å². The number of rotatable bonds is 5. The van der Waals surface area contributed by atoms with Crippen LogP contribution in [0.2, 0.25) is 17.3 Å². The number of aromatic nitrogens is 2. The van der Waals surface area contributed by atoms with E-state index < -0.39 is 31.9 Å². The fourth-order valence-electron chi connectivity index (χ4n) is 5.39. The SMILES string of the molecule is [2H]C([2H])([2H])c1cnc(-c2[c-]ccc3c2oc2cc(-c4ccccc4)ccc23)cc1C([2H])([2H])C(C)(C)C.[CH3][Ge]([CH3])([CH3])[c]1ccc(-c2[c-]cccc2)nc1.[Ir]. The van der Waals surface area contributed by atoms with Gasteiger partial charge in [-0.1, -0.05) is 85.8 Å². The molecule has 0 atom stereocenters. The molecule has 0 aliphatic carbocycles. The maximum Gasteiger partial charge on any atom is 0 e. The standard InChI is InChI=1S/C29H26NO.C14H16GeN.Ir/c1-19-18-30-26(15-22(19)17-29(2,3)4)25-12-8-11-24-23-14-13-21(16-27(23)31-28(24)25)20-9-6-5-7-10-20;1-15(2,3)13-9-10-14(16-11-13)12-7-5-4-6-8-12;/h5-11,13-16,18H,17H2,1-4H3;4-7,9-11H,1-3H3;/q2*-1;/i1D3,17D2;;. The topological polar surface area (TPSA) is 38.9 Å². The summed E-state index contributed by atoms with van der Waals surface area (Å²) in [6, 6.07) is 40.1. The number of hydrogen-bond donors (Lipinski definition) is 0. The molecule has 4 aromatic carbocycles. The van der Waals surface area contributed by atoms with E-state index in [0.29, 0.717) is 16.8 Å². The van der Waals surface area contributed by atoms with Gasteiger partial charge in [0.15, 0.2) is 0 Å². The zero-order valence-electron chi connectivity index (χ0n) is 33.1. The van der Waals surface area contributed by atoms with Crippen LogP contribution in [0.1, 0.15) is 38.8 Å². The first-order chi connectivity index (χ1) is 24.4. The van der Waals surface area contributed by atoms with Gasteiger partial charge in [0.2, 0.25) is 0 Å². The molecular formula is C43H42GeIrN2O-2. The zero-order valence-corrected chi connectivity index (χ0v) is 32.6. The Morgan fingerprint density at radius 1 is 0.771 bits per heavy atom. The van der Waals surface area contributed by atoms with Crippen molar-refractivity contribution < 1.29 is 31.4 Å². The first kappa shape index (κ1) is 29.1. The predicted molar refractivity (Wildman–Crippen MR) is 201 cm³/mol. The van der Waals surface area contributed by atoms with Crippen LogP contribution in [-0.4, -0.2) is 23.2 Å². The van der Waals surface area contributed by atoms with Crippen LogP contribution in [0.25, 0.3) is 55.6 Å². The van der Waals surface area contributed by atoms with Crippen LogP contribution in [0.4, 0.5) is 0 Å². The van der Waals surface area contributed by atoms with Gasteiger partial charge in [0.1, 0.15) is 5.58 Å². The Morgan fingerprint density at radius 2 is 1.54 bits per heavy atom. The van der Waals surface area contributed by atoms with Gasteiger partial charge in [-0.15, -0.1) is 18.2 Å². The zero-order chi connectivity index (χ0) is 37.5. The minimum absolute atomic E-state index is 0. The Bertz CT molecular complexity index is 2330. The van der Waals surface area contributed by atoms with Crippen molar-refractivity contribution in [1.29, 1.82) is 0 Å². The van der Waals surface area contributed by atoms with Crippen LogP contribution < -0.4 is 4.40 Å². The monoisotopic (exact) mass is 874 g/mol. The van der Waals surface area contributed by atoms with Crippen molar-refractivity contribution in [1.82, 2.24) is 9.97 Å². The van der Waals surface area contributed by atoms with Crippen LogP contribution in [-0.2, 0) is 26.5 Å². The maximum absolute atomic E-state index is 8.81. The van der Waals surface area contributed by atoms with Crippen molar-refractivity contribution in [3.05, 3.63) is 139 Å². The van der Waals surface area contributed by atoms with Crippen LogP contribution in [0.3, 0.4) is 0 Å². The van der Waals surface area contributed by atoms with Gasteiger partial charge in [0, 0.05) is 38.5 Å². The van der Waals surface area contributed by atoms with E-state index >= 15 is 0 Å². The molecule has 1 radical (unpaired) electrons. The third-order valence-electron chi connectivity index (χ3n) is 7.82. The molecule has 0 saturated carbocycles. The number of aryl methyl sites for hydroxylation is 1. The molecule has 48 heavy (non-hydrogen) atoms. The smallest absolute Gasteiger partial charge is 0 e. The summed E-state index contributed by atoms with van der Waals surface area (Å²) in [7, 11) is 0. The summed E-state index contributed by atoms with van der Waals surface area (Å²) in [5, 5.41) is 1.84. The van der Waals surface area contributed by atoms with E-state index in [-0.39, 0.29) is 31.2 Å². The van der Waals surface area contributed by atoms with E-state index in [1.165, 1.54) is 10.6 Å². The summed E-state index contributed by atoms with van der Waals surface area (Å²) >= 11 is -1.72. The Kier molecular flexibility index (Phi) is 8.94. The van der Waals surface area contributed by atoms with E-state index in [0.717, 1.165) is 38.7 Å². The Morgan fingerprint density at radius 3 is 2.21 bits per heavy atom. The molecule has 0 spiro atoms. The van der Waals surface area contributed by atoms with E-state index in [2.05, 4.69) is 57.6 Å². The molecule has 3 aromatic heterocycles. The van der Waals surface area contributed by atoms with Gasteiger partial charge in [-0.05, 0) is 47.1 Å². The van der Waals surface area contributed by atoms with Crippen molar-refractivity contribution >= 4 is 39.6 Å². The summed E-state index contributed by atoms with van der Waals surface area (Å²) in [5.41, 5.74) is 5.65. The molecule has 0 amide bonds. The second kappa shape index (κ2) is 14.7. The van der Waals surface area contributed by atoms with Gasteiger partial charge in [0.25, 0.3) is 0 Å². The largest absolute Gasteiger partial charge is 0 e. The Balaban J connectivity index is 0.000000267. The summed E-state index contributed by atoms with van der Waals surface area (Å²) in [6.07, 6.45) is 1.39. The van der Waals surface area contributed by atoms with Crippen LogP contribution in [0, 0.1) is 24.4 Å². The average molecular weight is 873 g/mol. The third-order valence-corrected chi connectivity index (χ3v) is 12.1. The number of nitrogens with zero attached hydrogens (tertiary/aromatic N) is 2. The fraction of sp³-hybridized carbons (Fsp3) is 0.209. The average Bonchev–Trinajstić information content (AvgIpc) is 3.49. The second-order valence-corrected chi connectivity index (χ2v) is 24.4. The number of pyridine rings is 2. The number of furan rings is 1. The minimum Gasteiger partial charge on any atom is 0 e. The van der Waals surface area contributed by atoms with Gasteiger partial charge in [-0.25, -0.2) is 0 Å². The van der Waals surface area contributed by atoms with Gasteiger partial charge >= 0.3 is 99.8 Å². The first-order valence-corrected chi connectivity index (χ1v) is 23.2. The van der Waals surface area contributed by atoms with Crippen molar-refractivity contribution in [2.45, 2.75) is 51.3 Å². The minimum atomic E-state index is -2.50. The van der Waals surface area contributed by atoms with E-state index in [1.807, 2.05) is 79.0 Å². The molecule has 0 aliphatic rings. The molecule has 0 aliphatic heterocycles. The van der Waals surface area contributed by atoms with Crippen molar-refractivity contribution in [2.75, 3.05) is 0 Å². The molecule has 245 valence electrons. The summed E-state index contributed by atoms with van der Waals surface area (Å²) < 4.78 is 49.3. The van der Waals surface area contributed by atoms with Crippen LogP contribution in [0.5, 0.6) is 0 Å². The number of hydrogen-bond acceptors (Lipinski definition) is 3. The van der Waals surface area contributed by atoms with E-state index in [9.17, 15) is 0 Å². The van der Waals surface area contributed by atoms with Crippen LogP contribution in [0.15, 0.2) is 120 Å². The molecule has 3 heterocycles. The molecule has 5 heteroatoms. The summed E-state index contributed by atoms with van der Waals surface area (Å²) in [5.74, 6) is 7.14. The normalized spacial score (nSPS) is 13.7. The summed E-state index contributed by atoms with van der Waals surface area (Å²) in [6.45, 7) is 2.77. The molecule has 7 aromatic rings. The molecule has 0 unspecified atom stereocenters. The number of fused-ring (bicyclic) bond motifs is 3. The molecule has 0 fully saturated rings. The fourth-order valence-corrected chi connectivity index (χ4v) is 7.56. The van der Waals surface area contributed by atoms with Gasteiger partial charge in [-0.3, -0.25) is 0 Å². The van der Waals surface area contributed by atoms with Gasteiger partial charge in [0.05, 0.1) is 5.58 Å². The summed E-state index contributed by atoms with van der Waals surface area (Å²) in [4.78, 5) is 8.97.